The smallest absolute Gasteiger partial charge is 0.373 e. The summed E-state index contributed by atoms with van der Waals surface area (Å²) in [6.45, 7) is 10.5. The van der Waals surface area contributed by atoms with Crippen molar-refractivity contribution in [3.63, 3.8) is 0 Å². The molecule has 2 N–H and O–H groups in total. The third-order valence-electron chi connectivity index (χ3n) is 2.69. The summed E-state index contributed by atoms with van der Waals surface area (Å²) in [5, 5.41) is 0. The molecule has 5 heteroatoms. The van der Waals surface area contributed by atoms with Crippen LogP contribution in [0.25, 0.3) is 0 Å². The second kappa shape index (κ2) is 10.9. The summed E-state index contributed by atoms with van der Waals surface area (Å²) in [5.41, 5.74) is 5.61. The lowest BCUT2D eigenvalue weighted by molar-refractivity contribution is 0.0308. The van der Waals surface area contributed by atoms with E-state index < -0.39 is 8.80 Å². The Morgan fingerprint density at radius 3 is 2.00 bits per heavy atom. The zero-order valence-corrected chi connectivity index (χ0v) is 13.5. The topological polar surface area (TPSA) is 53.7 Å². The molecule has 0 aliphatic heterocycles. The van der Waals surface area contributed by atoms with Gasteiger partial charge in [0, 0.05) is 25.4 Å². The van der Waals surface area contributed by atoms with Gasteiger partial charge in [-0.1, -0.05) is 20.8 Å². The molecule has 18 heavy (non-hydrogen) atoms. The fourth-order valence-electron chi connectivity index (χ4n) is 1.54. The van der Waals surface area contributed by atoms with E-state index in [1.807, 2.05) is 0 Å². The summed E-state index contributed by atoms with van der Waals surface area (Å²) < 4.78 is 18.1. The maximum absolute atomic E-state index is 6.13. The average Bonchev–Trinajstić information content (AvgIpc) is 2.40. The lowest BCUT2D eigenvalue weighted by Crippen LogP contribution is -2.48. The first-order valence-corrected chi connectivity index (χ1v) is 9.23. The normalized spacial score (nSPS) is 13.8. The van der Waals surface area contributed by atoms with Gasteiger partial charge in [0.2, 0.25) is 0 Å². The Morgan fingerprint density at radius 1 is 1.06 bits per heavy atom. The van der Waals surface area contributed by atoms with Crippen LogP contribution in [-0.2, 0) is 13.3 Å². The third kappa shape index (κ3) is 7.48. The van der Waals surface area contributed by atoms with Gasteiger partial charge in [0.15, 0.2) is 0 Å². The highest BCUT2D eigenvalue weighted by Gasteiger charge is 2.41. The molecule has 0 aromatic heterocycles. The molecule has 0 saturated heterocycles. The molecule has 1 unspecified atom stereocenters. The van der Waals surface area contributed by atoms with Gasteiger partial charge in [0.25, 0.3) is 0 Å². The van der Waals surface area contributed by atoms with Gasteiger partial charge in [-0.15, -0.1) is 0 Å². The predicted octanol–water partition coefficient (Wildman–Crippen LogP) is 2.94. The fourth-order valence-corrected chi connectivity index (χ4v) is 4.61. The van der Waals surface area contributed by atoms with Crippen LogP contribution in [0.2, 0.25) is 6.04 Å². The molecule has 0 aromatic rings. The van der Waals surface area contributed by atoms with Crippen molar-refractivity contribution in [2.75, 3.05) is 19.8 Å². The van der Waals surface area contributed by atoms with Crippen molar-refractivity contribution in [3.05, 3.63) is 0 Å². The van der Waals surface area contributed by atoms with Crippen molar-refractivity contribution in [1.82, 2.24) is 0 Å². The number of nitrogens with two attached hydrogens (primary N) is 1. The number of hydrogen-bond acceptors (Lipinski definition) is 4. The Bertz CT molecular complexity index is 171. The number of hydrogen-bond donors (Lipinski definition) is 1. The Labute approximate surface area is 114 Å². The number of rotatable bonds is 12. The van der Waals surface area contributed by atoms with Gasteiger partial charge < -0.3 is 19.0 Å². The minimum absolute atomic E-state index is 0.183. The fraction of sp³-hybridized carbons (Fsp3) is 1.00. The maximum atomic E-state index is 6.13. The molecule has 0 amide bonds. The van der Waals surface area contributed by atoms with Crippen molar-refractivity contribution in [1.29, 1.82) is 0 Å². The molecular formula is C13H31NO3Si. The van der Waals surface area contributed by atoms with Crippen molar-refractivity contribution in [2.24, 2.45) is 5.73 Å². The molecular weight excluding hydrogens is 246 g/mol. The first kappa shape index (κ1) is 18.1. The first-order valence-electron chi connectivity index (χ1n) is 7.29. The second-order valence-corrected chi connectivity index (χ2v) is 7.29. The maximum Gasteiger partial charge on any atom is 0.501 e. The molecule has 0 aliphatic rings. The minimum atomic E-state index is -2.52. The molecule has 0 radical (unpaired) electrons. The van der Waals surface area contributed by atoms with Gasteiger partial charge in [-0.25, -0.2) is 0 Å². The van der Waals surface area contributed by atoms with E-state index in [2.05, 4.69) is 27.7 Å². The predicted molar refractivity (Wildman–Crippen MR) is 77.6 cm³/mol. The van der Waals surface area contributed by atoms with Crippen molar-refractivity contribution >= 4 is 8.80 Å². The van der Waals surface area contributed by atoms with E-state index in [0.717, 1.165) is 31.7 Å². The molecule has 0 spiro atoms. The minimum Gasteiger partial charge on any atom is -0.373 e. The molecule has 110 valence electrons. The summed E-state index contributed by atoms with van der Waals surface area (Å²) in [6, 6.07) is 0.827. The van der Waals surface area contributed by atoms with Crippen LogP contribution in [-0.4, -0.2) is 34.7 Å². The zero-order chi connectivity index (χ0) is 13.9. The Hall–Kier alpha value is 0.0569. The molecule has 0 rings (SSSR count). The van der Waals surface area contributed by atoms with Gasteiger partial charge in [-0.3, -0.25) is 0 Å². The molecule has 0 aliphatic carbocycles. The standard InChI is InChI=1S/C13H31NO3Si/c1-5-10-15-18(12-8-9-14,16-11-6-2)17-13(4)7-3/h13H,5-12,14H2,1-4H3. The summed E-state index contributed by atoms with van der Waals surface area (Å²) in [5.74, 6) is 0. The Balaban J connectivity index is 4.61. The molecule has 0 saturated carbocycles. The summed E-state index contributed by atoms with van der Waals surface area (Å²) in [6.07, 6.45) is 4.02. The average molecular weight is 277 g/mol. The van der Waals surface area contributed by atoms with Crippen LogP contribution in [0.4, 0.5) is 0 Å². The van der Waals surface area contributed by atoms with E-state index >= 15 is 0 Å². The summed E-state index contributed by atoms with van der Waals surface area (Å²) >= 11 is 0. The zero-order valence-electron chi connectivity index (χ0n) is 12.5. The van der Waals surface area contributed by atoms with Gasteiger partial charge in [0.05, 0.1) is 0 Å². The van der Waals surface area contributed by atoms with Crippen LogP contribution in [0, 0.1) is 0 Å². The van der Waals surface area contributed by atoms with Crippen molar-refractivity contribution < 1.29 is 13.3 Å². The van der Waals surface area contributed by atoms with Gasteiger partial charge >= 0.3 is 8.80 Å². The van der Waals surface area contributed by atoms with Crippen LogP contribution >= 0.6 is 0 Å². The Kier molecular flexibility index (Phi) is 11.0. The lowest BCUT2D eigenvalue weighted by atomic mass is 10.3. The van der Waals surface area contributed by atoms with E-state index in [4.69, 9.17) is 19.0 Å². The van der Waals surface area contributed by atoms with E-state index in [-0.39, 0.29) is 6.10 Å². The molecule has 1 atom stereocenters. The van der Waals surface area contributed by atoms with Crippen LogP contribution in [0.3, 0.4) is 0 Å². The van der Waals surface area contributed by atoms with Gasteiger partial charge in [-0.05, 0) is 39.2 Å². The monoisotopic (exact) mass is 277 g/mol. The van der Waals surface area contributed by atoms with Gasteiger partial charge in [-0.2, -0.15) is 0 Å². The second-order valence-electron chi connectivity index (χ2n) is 4.61. The first-order chi connectivity index (χ1) is 8.64. The highest BCUT2D eigenvalue weighted by Crippen LogP contribution is 2.21. The third-order valence-corrected chi connectivity index (χ3v) is 5.71. The van der Waals surface area contributed by atoms with Crippen molar-refractivity contribution in [3.8, 4) is 0 Å². The summed E-state index contributed by atoms with van der Waals surface area (Å²) in [4.78, 5) is 0. The summed E-state index contributed by atoms with van der Waals surface area (Å²) in [7, 11) is -2.52. The SMILES string of the molecule is CCCO[Si](CCCN)(OCCC)OC(C)CC. The van der Waals surface area contributed by atoms with Crippen LogP contribution < -0.4 is 5.73 Å². The largest absolute Gasteiger partial charge is 0.501 e. The molecule has 4 nitrogen and oxygen atoms in total. The van der Waals surface area contributed by atoms with Crippen LogP contribution in [0.5, 0.6) is 0 Å². The molecule has 0 bridgehead atoms. The van der Waals surface area contributed by atoms with E-state index in [1.165, 1.54) is 0 Å². The van der Waals surface area contributed by atoms with Crippen LogP contribution in [0.1, 0.15) is 53.4 Å². The van der Waals surface area contributed by atoms with Crippen LogP contribution in [0.15, 0.2) is 0 Å². The molecule has 0 heterocycles. The highest BCUT2D eigenvalue weighted by molar-refractivity contribution is 6.60. The lowest BCUT2D eigenvalue weighted by Gasteiger charge is -2.32. The molecule has 0 aromatic carbocycles. The van der Waals surface area contributed by atoms with E-state index in [1.54, 1.807) is 0 Å². The van der Waals surface area contributed by atoms with Crippen molar-refractivity contribution in [2.45, 2.75) is 65.5 Å². The van der Waals surface area contributed by atoms with E-state index in [9.17, 15) is 0 Å². The quantitative estimate of drug-likeness (QED) is 0.557. The van der Waals surface area contributed by atoms with E-state index in [0.29, 0.717) is 19.8 Å². The Morgan fingerprint density at radius 2 is 1.61 bits per heavy atom. The highest BCUT2D eigenvalue weighted by atomic mass is 28.4. The van der Waals surface area contributed by atoms with Gasteiger partial charge in [0.1, 0.15) is 0 Å². The molecule has 0 fully saturated rings.